The molecule has 1 aliphatic rings. The molecule has 3 atom stereocenters. The number of hydrogen-bond acceptors (Lipinski definition) is 3. The molecule has 0 saturated carbocycles. The smallest absolute Gasteiger partial charge is 0.237 e. The molecule has 0 radical (unpaired) electrons. The molecule has 1 heterocycles. The van der Waals surface area contributed by atoms with Gasteiger partial charge in [-0.1, -0.05) is 13.3 Å². The first-order valence-corrected chi connectivity index (χ1v) is 7.03. The van der Waals surface area contributed by atoms with Crippen molar-refractivity contribution in [3.8, 4) is 0 Å². The molecular weight excluding hydrogens is 212 g/mol. The minimum Gasteiger partial charge on any atom is -0.325 e. The van der Waals surface area contributed by atoms with Crippen LogP contribution in [0.25, 0.3) is 0 Å². The number of amides is 1. The topological polar surface area (TPSA) is 49.4 Å². The molecule has 3 unspecified atom stereocenters. The van der Waals surface area contributed by atoms with Gasteiger partial charge in [0.2, 0.25) is 5.91 Å². The average molecular weight is 232 g/mol. The molecule has 0 bridgehead atoms. The van der Waals surface area contributed by atoms with Gasteiger partial charge in [0, 0.05) is 28.9 Å². The van der Waals surface area contributed by atoms with Crippen LogP contribution in [-0.4, -0.2) is 45.8 Å². The summed E-state index contributed by atoms with van der Waals surface area (Å²) in [6.07, 6.45) is 3.85. The van der Waals surface area contributed by atoms with Crippen molar-refractivity contribution in [3.63, 3.8) is 0 Å². The molecule has 4 nitrogen and oxygen atoms in total. The van der Waals surface area contributed by atoms with Crippen molar-refractivity contribution >= 4 is 16.7 Å². The number of carbonyl (C=O) groups is 1. The van der Waals surface area contributed by atoms with E-state index in [1.54, 1.807) is 6.26 Å². The van der Waals surface area contributed by atoms with E-state index >= 15 is 0 Å². The maximum absolute atomic E-state index is 11.6. The Labute approximate surface area is 93.9 Å². The Balaban J connectivity index is 2.56. The lowest BCUT2D eigenvalue weighted by atomic mass is 10.2. The van der Waals surface area contributed by atoms with E-state index in [1.807, 2.05) is 11.8 Å². The predicted molar refractivity (Wildman–Crippen MR) is 61.9 cm³/mol. The number of rotatable bonds is 5. The minimum atomic E-state index is -0.862. The Bertz CT molecular complexity index is 258. The number of nitrogens with zero attached hydrogens (tertiary/aromatic N) is 1. The third kappa shape index (κ3) is 3.28. The largest absolute Gasteiger partial charge is 0.325 e. The molecule has 0 aromatic rings. The second-order valence-electron chi connectivity index (χ2n) is 4.04. The maximum atomic E-state index is 11.6. The van der Waals surface area contributed by atoms with Crippen molar-refractivity contribution in [1.29, 1.82) is 0 Å². The quantitative estimate of drug-likeness (QED) is 0.742. The Morgan fingerprint density at radius 1 is 1.67 bits per heavy atom. The fraction of sp³-hybridized carbons (Fsp3) is 0.900. The van der Waals surface area contributed by atoms with Gasteiger partial charge in [0.15, 0.2) is 0 Å². The van der Waals surface area contributed by atoms with Crippen molar-refractivity contribution in [2.45, 2.75) is 38.1 Å². The molecular formula is C10H20N2O2S. The molecule has 1 saturated heterocycles. The van der Waals surface area contributed by atoms with Gasteiger partial charge in [-0.2, -0.15) is 0 Å². The van der Waals surface area contributed by atoms with E-state index in [0.29, 0.717) is 13.1 Å². The standard InChI is InChI=1S/C10H20N2O2S/c1-4-5-9-11-6-10(13)12(9)7-8(2)15(3)14/h8-9,11H,4-7H2,1-3H3. The fourth-order valence-corrected chi connectivity index (χ4v) is 2.10. The molecule has 1 N–H and O–H groups in total. The van der Waals surface area contributed by atoms with Crippen LogP contribution in [0.4, 0.5) is 0 Å². The SMILES string of the molecule is CCCC1NCC(=O)N1CC(C)S(C)=O. The summed E-state index contributed by atoms with van der Waals surface area (Å²) in [5.41, 5.74) is 0. The zero-order valence-electron chi connectivity index (χ0n) is 9.66. The van der Waals surface area contributed by atoms with E-state index in [1.165, 1.54) is 0 Å². The summed E-state index contributed by atoms with van der Waals surface area (Å²) >= 11 is 0. The first kappa shape index (κ1) is 12.6. The van der Waals surface area contributed by atoms with Gasteiger partial charge in [0.25, 0.3) is 0 Å². The predicted octanol–water partition coefficient (Wildman–Crippen LogP) is 0.311. The Kier molecular flexibility index (Phi) is 4.73. The van der Waals surface area contributed by atoms with E-state index in [0.717, 1.165) is 12.8 Å². The van der Waals surface area contributed by atoms with Crippen LogP contribution in [0.3, 0.4) is 0 Å². The van der Waals surface area contributed by atoms with E-state index in [2.05, 4.69) is 12.2 Å². The van der Waals surface area contributed by atoms with E-state index in [-0.39, 0.29) is 17.3 Å². The van der Waals surface area contributed by atoms with Crippen LogP contribution in [0.1, 0.15) is 26.7 Å². The highest BCUT2D eigenvalue weighted by Gasteiger charge is 2.30. The van der Waals surface area contributed by atoms with Crippen LogP contribution in [0.2, 0.25) is 0 Å². The highest BCUT2D eigenvalue weighted by atomic mass is 32.2. The van der Waals surface area contributed by atoms with Gasteiger partial charge in [0.1, 0.15) is 0 Å². The lowest BCUT2D eigenvalue weighted by molar-refractivity contribution is -0.128. The molecule has 1 rings (SSSR count). The van der Waals surface area contributed by atoms with Gasteiger partial charge in [0.05, 0.1) is 12.7 Å². The first-order chi connectivity index (χ1) is 7.06. The summed E-state index contributed by atoms with van der Waals surface area (Å²) in [6, 6.07) is 0. The van der Waals surface area contributed by atoms with Gasteiger partial charge in [-0.3, -0.25) is 14.3 Å². The second kappa shape index (κ2) is 5.61. The van der Waals surface area contributed by atoms with Crippen molar-refractivity contribution in [1.82, 2.24) is 10.2 Å². The molecule has 5 heteroatoms. The fourth-order valence-electron chi connectivity index (χ4n) is 1.73. The van der Waals surface area contributed by atoms with Gasteiger partial charge in [-0.15, -0.1) is 0 Å². The van der Waals surface area contributed by atoms with Crippen LogP contribution in [0, 0.1) is 0 Å². The summed E-state index contributed by atoms with van der Waals surface area (Å²) in [5.74, 6) is 0.130. The monoisotopic (exact) mass is 232 g/mol. The lowest BCUT2D eigenvalue weighted by Crippen LogP contribution is -2.42. The summed E-state index contributed by atoms with van der Waals surface area (Å²) in [7, 11) is -0.862. The summed E-state index contributed by atoms with van der Waals surface area (Å²) in [6.45, 7) is 5.04. The second-order valence-corrected chi connectivity index (χ2v) is 5.84. The number of carbonyl (C=O) groups excluding carboxylic acids is 1. The number of hydrogen-bond donors (Lipinski definition) is 1. The molecule has 1 aliphatic heterocycles. The van der Waals surface area contributed by atoms with Gasteiger partial charge >= 0.3 is 0 Å². The lowest BCUT2D eigenvalue weighted by Gasteiger charge is -2.26. The first-order valence-electron chi connectivity index (χ1n) is 5.41. The normalized spacial score (nSPS) is 25.7. The molecule has 1 fully saturated rings. The molecule has 0 aromatic heterocycles. The average Bonchev–Trinajstić information content (AvgIpc) is 2.50. The van der Waals surface area contributed by atoms with Crippen LogP contribution < -0.4 is 5.32 Å². The highest BCUT2D eigenvalue weighted by molar-refractivity contribution is 7.84. The van der Waals surface area contributed by atoms with E-state index in [4.69, 9.17) is 0 Å². The zero-order chi connectivity index (χ0) is 11.4. The van der Waals surface area contributed by atoms with E-state index < -0.39 is 10.8 Å². The minimum absolute atomic E-state index is 0.0493. The Morgan fingerprint density at radius 2 is 2.33 bits per heavy atom. The molecule has 88 valence electrons. The van der Waals surface area contributed by atoms with E-state index in [9.17, 15) is 9.00 Å². The highest BCUT2D eigenvalue weighted by Crippen LogP contribution is 2.12. The summed E-state index contributed by atoms with van der Waals surface area (Å²) in [5, 5.41) is 3.23. The Morgan fingerprint density at radius 3 is 2.87 bits per heavy atom. The van der Waals surface area contributed by atoms with Crippen molar-refractivity contribution in [2.24, 2.45) is 0 Å². The third-order valence-electron chi connectivity index (χ3n) is 2.77. The number of nitrogens with one attached hydrogen (secondary N) is 1. The van der Waals surface area contributed by atoms with Crippen molar-refractivity contribution in [2.75, 3.05) is 19.3 Å². The molecule has 0 aromatic carbocycles. The van der Waals surface area contributed by atoms with Gasteiger partial charge in [-0.25, -0.2) is 0 Å². The third-order valence-corrected chi connectivity index (χ3v) is 4.05. The zero-order valence-corrected chi connectivity index (χ0v) is 10.5. The van der Waals surface area contributed by atoms with Crippen LogP contribution in [0.5, 0.6) is 0 Å². The Hall–Kier alpha value is -0.420. The van der Waals surface area contributed by atoms with Crippen LogP contribution in [0.15, 0.2) is 0 Å². The van der Waals surface area contributed by atoms with Crippen LogP contribution in [-0.2, 0) is 15.6 Å². The maximum Gasteiger partial charge on any atom is 0.237 e. The molecule has 0 spiro atoms. The molecule has 1 amide bonds. The molecule has 15 heavy (non-hydrogen) atoms. The van der Waals surface area contributed by atoms with Gasteiger partial charge in [-0.05, 0) is 13.3 Å². The van der Waals surface area contributed by atoms with Gasteiger partial charge < -0.3 is 4.90 Å². The van der Waals surface area contributed by atoms with Crippen molar-refractivity contribution in [3.05, 3.63) is 0 Å². The summed E-state index contributed by atoms with van der Waals surface area (Å²) in [4.78, 5) is 13.4. The van der Waals surface area contributed by atoms with Crippen LogP contribution >= 0.6 is 0 Å². The summed E-state index contributed by atoms with van der Waals surface area (Å²) < 4.78 is 11.3. The van der Waals surface area contributed by atoms with Crippen molar-refractivity contribution < 1.29 is 9.00 Å². The molecule has 0 aliphatic carbocycles.